The summed E-state index contributed by atoms with van der Waals surface area (Å²) >= 11 is 5.87. The number of nitrogens with zero attached hydrogens (tertiary/aromatic N) is 5. The molecule has 3 rings (SSSR count). The number of carbonyl (C=O) groups is 1. The first-order valence-corrected chi connectivity index (χ1v) is 9.81. The quantitative estimate of drug-likeness (QED) is 0.564. The molecule has 11 heteroatoms. The molecular formula is C20H23ClN6O4. The molecule has 3 aromatic rings. The van der Waals surface area contributed by atoms with Crippen molar-refractivity contribution >= 4 is 17.7 Å². The molecule has 31 heavy (non-hydrogen) atoms. The van der Waals surface area contributed by atoms with Crippen LogP contribution < -0.4 is 10.5 Å². The Kier molecular flexibility index (Phi) is 6.71. The van der Waals surface area contributed by atoms with Gasteiger partial charge in [-0.25, -0.2) is 9.78 Å². The summed E-state index contributed by atoms with van der Waals surface area (Å²) in [5.74, 6) is 1.31. The van der Waals surface area contributed by atoms with Crippen molar-refractivity contribution in [3.63, 3.8) is 0 Å². The van der Waals surface area contributed by atoms with Crippen LogP contribution in [0, 0.1) is 5.41 Å². The molecule has 1 aromatic carbocycles. The average molecular weight is 447 g/mol. The lowest BCUT2D eigenvalue weighted by Gasteiger charge is -2.33. The van der Waals surface area contributed by atoms with E-state index in [9.17, 15) is 9.90 Å². The average Bonchev–Trinajstić information content (AvgIpc) is 3.17. The third-order valence-corrected chi connectivity index (χ3v) is 4.65. The minimum absolute atomic E-state index is 0.315. The fourth-order valence-corrected chi connectivity index (χ4v) is 3.18. The summed E-state index contributed by atoms with van der Waals surface area (Å²) in [6.07, 6.45) is -0.371. The summed E-state index contributed by atoms with van der Waals surface area (Å²) in [6.45, 7) is 5.26. The second kappa shape index (κ2) is 9.27. The molecule has 2 heterocycles. The molecule has 0 aliphatic rings. The van der Waals surface area contributed by atoms with E-state index >= 15 is 0 Å². The molecule has 0 spiro atoms. The Balaban J connectivity index is 1.81. The van der Waals surface area contributed by atoms with Crippen LogP contribution in [-0.4, -0.2) is 49.1 Å². The largest absolute Gasteiger partial charge is 0.442 e. The maximum absolute atomic E-state index is 11.2. The number of aliphatic hydroxyl groups is 1. The SMILES string of the molecule is CC(C)(C)C(C(CO)OC(N)=O)n1nnc(-c2ccc(Oc3ccc(Cl)cc3)nc2)n1. The van der Waals surface area contributed by atoms with Crippen LogP contribution in [0.15, 0.2) is 42.6 Å². The van der Waals surface area contributed by atoms with E-state index in [1.54, 1.807) is 42.6 Å². The lowest BCUT2D eigenvalue weighted by molar-refractivity contribution is -0.0136. The molecule has 164 valence electrons. The molecule has 2 unspecified atom stereocenters. The number of carbonyl (C=O) groups excluding carboxylic acids is 1. The smallest absolute Gasteiger partial charge is 0.404 e. The van der Waals surface area contributed by atoms with Crippen molar-refractivity contribution in [2.24, 2.45) is 11.1 Å². The normalized spacial score (nSPS) is 13.5. The molecule has 2 aromatic heterocycles. The topological polar surface area (TPSA) is 138 Å². The van der Waals surface area contributed by atoms with Gasteiger partial charge in [-0.05, 0) is 41.0 Å². The van der Waals surface area contributed by atoms with Crippen molar-refractivity contribution in [2.45, 2.75) is 32.9 Å². The number of pyridine rings is 1. The van der Waals surface area contributed by atoms with Gasteiger partial charge in [0.1, 0.15) is 11.8 Å². The van der Waals surface area contributed by atoms with E-state index in [-0.39, 0.29) is 0 Å². The van der Waals surface area contributed by atoms with Crippen LogP contribution in [0.3, 0.4) is 0 Å². The van der Waals surface area contributed by atoms with Crippen molar-refractivity contribution in [1.82, 2.24) is 25.2 Å². The minimum Gasteiger partial charge on any atom is -0.442 e. The highest BCUT2D eigenvalue weighted by atomic mass is 35.5. The molecule has 2 atom stereocenters. The Morgan fingerprint density at radius 3 is 2.48 bits per heavy atom. The second-order valence-corrected chi connectivity index (χ2v) is 8.28. The van der Waals surface area contributed by atoms with Gasteiger partial charge >= 0.3 is 6.09 Å². The third kappa shape index (κ3) is 5.68. The number of amides is 1. The van der Waals surface area contributed by atoms with E-state index in [2.05, 4.69) is 20.4 Å². The number of benzene rings is 1. The summed E-state index contributed by atoms with van der Waals surface area (Å²) in [6, 6.07) is 9.74. The fourth-order valence-electron chi connectivity index (χ4n) is 3.06. The fraction of sp³-hybridized carbons (Fsp3) is 0.350. The van der Waals surface area contributed by atoms with Crippen molar-refractivity contribution in [3.8, 4) is 23.0 Å². The molecule has 0 saturated carbocycles. The highest BCUT2D eigenvalue weighted by Crippen LogP contribution is 2.34. The predicted octanol–water partition coefficient (Wildman–Crippen LogP) is 3.22. The molecule has 1 amide bonds. The maximum atomic E-state index is 11.2. The number of rotatable bonds is 7. The third-order valence-electron chi connectivity index (χ3n) is 4.39. The Morgan fingerprint density at radius 1 is 1.23 bits per heavy atom. The summed E-state index contributed by atoms with van der Waals surface area (Å²) in [5, 5.41) is 22.9. The lowest BCUT2D eigenvalue weighted by Crippen LogP contribution is -2.42. The van der Waals surface area contributed by atoms with Crippen molar-refractivity contribution in [3.05, 3.63) is 47.6 Å². The maximum Gasteiger partial charge on any atom is 0.404 e. The van der Waals surface area contributed by atoms with Gasteiger partial charge in [0.25, 0.3) is 0 Å². The Bertz CT molecular complexity index is 1020. The molecule has 0 saturated heterocycles. The minimum atomic E-state index is -0.992. The molecule has 0 bridgehead atoms. The number of hydrogen-bond donors (Lipinski definition) is 2. The number of primary amides is 1. The van der Waals surface area contributed by atoms with Gasteiger partial charge in [0.15, 0.2) is 6.10 Å². The molecule has 0 aliphatic carbocycles. The van der Waals surface area contributed by atoms with Crippen LogP contribution in [0.25, 0.3) is 11.4 Å². The van der Waals surface area contributed by atoms with Gasteiger partial charge in [-0.2, -0.15) is 4.80 Å². The van der Waals surface area contributed by atoms with Gasteiger partial charge < -0.3 is 20.3 Å². The van der Waals surface area contributed by atoms with Gasteiger partial charge in [-0.1, -0.05) is 32.4 Å². The van der Waals surface area contributed by atoms with Crippen molar-refractivity contribution in [2.75, 3.05) is 6.61 Å². The molecule has 10 nitrogen and oxygen atoms in total. The zero-order chi connectivity index (χ0) is 22.6. The van der Waals surface area contributed by atoms with Crippen LogP contribution in [0.1, 0.15) is 26.8 Å². The number of ether oxygens (including phenoxy) is 2. The number of aliphatic hydroxyl groups excluding tert-OH is 1. The summed E-state index contributed by atoms with van der Waals surface area (Å²) in [4.78, 5) is 16.8. The number of tetrazole rings is 1. The van der Waals surface area contributed by atoms with Crippen LogP contribution in [0.2, 0.25) is 5.02 Å². The van der Waals surface area contributed by atoms with E-state index < -0.39 is 30.3 Å². The van der Waals surface area contributed by atoms with Crippen LogP contribution in [0.5, 0.6) is 11.6 Å². The highest BCUT2D eigenvalue weighted by Gasteiger charge is 2.38. The van der Waals surface area contributed by atoms with E-state index in [4.69, 9.17) is 26.8 Å². The molecule has 0 aliphatic heterocycles. The number of aromatic nitrogens is 5. The van der Waals surface area contributed by atoms with Crippen LogP contribution in [0.4, 0.5) is 4.79 Å². The first kappa shape index (κ1) is 22.4. The number of hydrogen-bond acceptors (Lipinski definition) is 8. The number of halogens is 1. The van der Waals surface area contributed by atoms with E-state index in [0.717, 1.165) is 0 Å². The van der Waals surface area contributed by atoms with Gasteiger partial charge in [-0.15, -0.1) is 10.2 Å². The van der Waals surface area contributed by atoms with Crippen LogP contribution >= 0.6 is 11.6 Å². The van der Waals surface area contributed by atoms with Crippen LogP contribution in [-0.2, 0) is 4.74 Å². The van der Waals surface area contributed by atoms with Crippen molar-refractivity contribution in [1.29, 1.82) is 0 Å². The van der Waals surface area contributed by atoms with Gasteiger partial charge in [0, 0.05) is 22.8 Å². The lowest BCUT2D eigenvalue weighted by atomic mass is 9.84. The monoisotopic (exact) mass is 446 g/mol. The molecule has 0 fully saturated rings. The van der Waals surface area contributed by atoms with E-state index in [1.165, 1.54) is 4.80 Å². The molecular weight excluding hydrogens is 424 g/mol. The number of nitrogens with two attached hydrogens (primary N) is 1. The van der Waals surface area contributed by atoms with E-state index in [0.29, 0.717) is 28.0 Å². The van der Waals surface area contributed by atoms with Gasteiger partial charge in [-0.3, -0.25) is 0 Å². The summed E-state index contributed by atoms with van der Waals surface area (Å²) < 4.78 is 10.7. The Hall–Kier alpha value is -3.24. The standard InChI is InChI=1S/C20H23ClN6O4/c1-20(2,3)17(15(11-28)31-19(22)29)27-25-18(24-26-27)12-4-9-16(23-10-12)30-14-7-5-13(21)6-8-14/h4-10,15,17,28H,11H2,1-3H3,(H2,22,29). The van der Waals surface area contributed by atoms with Gasteiger partial charge in [0.2, 0.25) is 11.7 Å². The Morgan fingerprint density at radius 2 is 1.94 bits per heavy atom. The summed E-state index contributed by atoms with van der Waals surface area (Å²) in [5.41, 5.74) is 5.27. The second-order valence-electron chi connectivity index (χ2n) is 7.84. The van der Waals surface area contributed by atoms with Gasteiger partial charge in [0.05, 0.1) is 6.61 Å². The first-order valence-electron chi connectivity index (χ1n) is 9.43. The highest BCUT2D eigenvalue weighted by molar-refractivity contribution is 6.30. The molecule has 0 radical (unpaired) electrons. The first-order chi connectivity index (χ1) is 14.7. The zero-order valence-electron chi connectivity index (χ0n) is 17.3. The van der Waals surface area contributed by atoms with E-state index in [1.807, 2.05) is 20.8 Å². The molecule has 3 N–H and O–H groups in total. The predicted molar refractivity (Wildman–Crippen MR) is 113 cm³/mol. The zero-order valence-corrected chi connectivity index (χ0v) is 18.0. The summed E-state index contributed by atoms with van der Waals surface area (Å²) in [7, 11) is 0. The Labute approximate surface area is 183 Å². The van der Waals surface area contributed by atoms with Crippen molar-refractivity contribution < 1.29 is 19.4 Å².